The van der Waals surface area contributed by atoms with Crippen LogP contribution >= 0.6 is 0 Å². The van der Waals surface area contributed by atoms with Crippen molar-refractivity contribution in [1.82, 2.24) is 20.2 Å². The number of imidazole rings is 1. The number of piperidine rings is 1. The van der Waals surface area contributed by atoms with E-state index in [9.17, 15) is 0 Å². The Kier molecular flexibility index (Phi) is 4.33. The van der Waals surface area contributed by atoms with Crippen LogP contribution in [0.15, 0.2) is 24.3 Å². The second kappa shape index (κ2) is 6.37. The van der Waals surface area contributed by atoms with Crippen molar-refractivity contribution in [3.63, 3.8) is 0 Å². The first-order chi connectivity index (χ1) is 9.84. The van der Waals surface area contributed by atoms with Crippen LogP contribution in [0.5, 0.6) is 0 Å². The zero-order valence-electron chi connectivity index (χ0n) is 12.2. The number of hydrogen-bond donors (Lipinski definition) is 2. The minimum atomic E-state index is 0.844. The van der Waals surface area contributed by atoms with Crippen molar-refractivity contribution in [1.29, 1.82) is 0 Å². The van der Waals surface area contributed by atoms with Crippen molar-refractivity contribution in [2.24, 2.45) is 5.92 Å². The van der Waals surface area contributed by atoms with Gasteiger partial charge in [-0.05, 0) is 57.5 Å². The highest BCUT2D eigenvalue weighted by atomic mass is 15.1. The molecule has 1 aromatic carbocycles. The van der Waals surface area contributed by atoms with E-state index < -0.39 is 0 Å². The highest BCUT2D eigenvalue weighted by molar-refractivity contribution is 5.75. The summed E-state index contributed by atoms with van der Waals surface area (Å²) in [5.41, 5.74) is 2.34. The van der Waals surface area contributed by atoms with E-state index in [0.717, 1.165) is 36.9 Å². The van der Waals surface area contributed by atoms with Crippen LogP contribution in [0.25, 0.3) is 11.0 Å². The lowest BCUT2D eigenvalue weighted by Crippen LogP contribution is -2.34. The van der Waals surface area contributed by atoms with Crippen LogP contribution in [0.1, 0.15) is 18.7 Å². The van der Waals surface area contributed by atoms with Gasteiger partial charge >= 0.3 is 0 Å². The van der Waals surface area contributed by atoms with E-state index in [0.29, 0.717) is 0 Å². The van der Waals surface area contributed by atoms with Gasteiger partial charge in [0, 0.05) is 13.1 Å². The third-order valence-corrected chi connectivity index (χ3v) is 4.25. The van der Waals surface area contributed by atoms with E-state index in [1.54, 1.807) is 0 Å². The van der Waals surface area contributed by atoms with Crippen molar-refractivity contribution >= 4 is 11.0 Å². The predicted molar refractivity (Wildman–Crippen MR) is 82.9 cm³/mol. The van der Waals surface area contributed by atoms with Crippen LogP contribution in [0.3, 0.4) is 0 Å². The summed E-state index contributed by atoms with van der Waals surface area (Å²) in [6.07, 6.45) is 2.61. The summed E-state index contributed by atoms with van der Waals surface area (Å²) < 4.78 is 2.31. The zero-order chi connectivity index (χ0) is 13.8. The van der Waals surface area contributed by atoms with Crippen LogP contribution in [0.4, 0.5) is 0 Å². The summed E-state index contributed by atoms with van der Waals surface area (Å²) in [6, 6.07) is 8.38. The number of para-hydroxylation sites is 2. The van der Waals surface area contributed by atoms with Gasteiger partial charge in [-0.3, -0.25) is 0 Å². The second-order valence-corrected chi connectivity index (χ2v) is 5.70. The lowest BCUT2D eigenvalue weighted by Gasteiger charge is -2.22. The number of fused-ring (bicyclic) bond motifs is 1. The molecule has 3 rings (SSSR count). The first-order valence-corrected chi connectivity index (χ1v) is 7.68. The molecule has 0 atom stereocenters. The number of hydrogen-bond acceptors (Lipinski definition) is 3. The summed E-state index contributed by atoms with van der Waals surface area (Å²) in [4.78, 5) is 4.61. The molecule has 1 aliphatic rings. The third-order valence-electron chi connectivity index (χ3n) is 4.25. The minimum Gasteiger partial charge on any atom is -0.327 e. The molecule has 1 aliphatic heterocycles. The van der Waals surface area contributed by atoms with Crippen LogP contribution in [0, 0.1) is 12.8 Å². The average molecular weight is 272 g/mol. The van der Waals surface area contributed by atoms with E-state index in [-0.39, 0.29) is 0 Å². The van der Waals surface area contributed by atoms with E-state index in [1.165, 1.54) is 31.4 Å². The molecule has 0 saturated carbocycles. The molecule has 2 aromatic rings. The summed E-state index contributed by atoms with van der Waals surface area (Å²) in [5.74, 6) is 1.95. The van der Waals surface area contributed by atoms with Gasteiger partial charge in [-0.1, -0.05) is 12.1 Å². The molecule has 0 aliphatic carbocycles. The smallest absolute Gasteiger partial charge is 0.106 e. The Labute approximate surface area is 120 Å². The largest absolute Gasteiger partial charge is 0.327 e. The maximum atomic E-state index is 4.61. The lowest BCUT2D eigenvalue weighted by molar-refractivity contribution is 0.355. The van der Waals surface area contributed by atoms with Crippen molar-refractivity contribution in [3.05, 3.63) is 30.1 Å². The quantitative estimate of drug-likeness (QED) is 0.817. The Morgan fingerprint density at radius 1 is 1.30 bits per heavy atom. The van der Waals surface area contributed by atoms with Gasteiger partial charge in [0.15, 0.2) is 0 Å². The molecule has 1 fully saturated rings. The molecule has 0 spiro atoms. The molecule has 1 saturated heterocycles. The Hall–Kier alpha value is -1.39. The molecular formula is C16H24N4. The lowest BCUT2D eigenvalue weighted by atomic mass is 9.98. The molecule has 1 aromatic heterocycles. The first kappa shape index (κ1) is 13.6. The molecule has 0 bridgehead atoms. The molecule has 2 N–H and O–H groups in total. The van der Waals surface area contributed by atoms with E-state index in [1.807, 2.05) is 0 Å². The van der Waals surface area contributed by atoms with Gasteiger partial charge in [0.1, 0.15) is 5.82 Å². The monoisotopic (exact) mass is 272 g/mol. The van der Waals surface area contributed by atoms with Crippen molar-refractivity contribution in [3.8, 4) is 0 Å². The van der Waals surface area contributed by atoms with E-state index in [4.69, 9.17) is 0 Å². The van der Waals surface area contributed by atoms with E-state index >= 15 is 0 Å². The van der Waals surface area contributed by atoms with Crippen LogP contribution in [-0.4, -0.2) is 35.7 Å². The minimum absolute atomic E-state index is 0.844. The fraction of sp³-hybridized carbons (Fsp3) is 0.562. The number of rotatable bonds is 5. The van der Waals surface area contributed by atoms with Gasteiger partial charge < -0.3 is 15.2 Å². The second-order valence-electron chi connectivity index (χ2n) is 5.70. The molecule has 0 radical (unpaired) electrons. The fourth-order valence-electron chi connectivity index (χ4n) is 3.06. The maximum Gasteiger partial charge on any atom is 0.106 e. The molecular weight excluding hydrogens is 248 g/mol. The number of nitrogens with one attached hydrogen (secondary N) is 2. The maximum absolute atomic E-state index is 4.61. The summed E-state index contributed by atoms with van der Waals surface area (Å²) >= 11 is 0. The normalized spacial score (nSPS) is 16.9. The van der Waals surface area contributed by atoms with E-state index in [2.05, 4.69) is 51.4 Å². The van der Waals surface area contributed by atoms with Crippen LogP contribution in [0.2, 0.25) is 0 Å². The molecule has 0 unspecified atom stereocenters. The summed E-state index contributed by atoms with van der Waals surface area (Å²) in [5, 5.41) is 7.02. The summed E-state index contributed by atoms with van der Waals surface area (Å²) in [7, 11) is 0. The standard InChI is InChI=1S/C16H24N4/c1-13-19-15-4-2-3-5-16(15)20(13)11-10-18-12-14-6-8-17-9-7-14/h2-5,14,17-18H,6-12H2,1H3. The number of aryl methyl sites for hydroxylation is 1. The van der Waals surface area contributed by atoms with Gasteiger partial charge in [0.25, 0.3) is 0 Å². The van der Waals surface area contributed by atoms with Crippen molar-refractivity contribution < 1.29 is 0 Å². The zero-order valence-corrected chi connectivity index (χ0v) is 12.2. The molecule has 108 valence electrons. The van der Waals surface area contributed by atoms with Crippen molar-refractivity contribution in [2.45, 2.75) is 26.3 Å². The molecule has 4 nitrogen and oxygen atoms in total. The summed E-state index contributed by atoms with van der Waals surface area (Å²) in [6.45, 7) is 7.61. The number of aromatic nitrogens is 2. The number of benzene rings is 1. The van der Waals surface area contributed by atoms with Crippen molar-refractivity contribution in [2.75, 3.05) is 26.2 Å². The Morgan fingerprint density at radius 3 is 2.95 bits per heavy atom. The van der Waals surface area contributed by atoms with Crippen LogP contribution < -0.4 is 10.6 Å². The van der Waals surface area contributed by atoms with Gasteiger partial charge in [0.05, 0.1) is 11.0 Å². The Morgan fingerprint density at radius 2 is 2.10 bits per heavy atom. The average Bonchev–Trinajstić information content (AvgIpc) is 2.80. The van der Waals surface area contributed by atoms with Crippen LogP contribution in [-0.2, 0) is 6.54 Å². The SMILES string of the molecule is Cc1nc2ccccc2n1CCNCC1CCNCC1. The highest BCUT2D eigenvalue weighted by Gasteiger charge is 2.12. The van der Waals surface area contributed by atoms with Gasteiger partial charge in [0.2, 0.25) is 0 Å². The fourth-order valence-corrected chi connectivity index (χ4v) is 3.06. The first-order valence-electron chi connectivity index (χ1n) is 7.68. The van der Waals surface area contributed by atoms with Gasteiger partial charge in [-0.15, -0.1) is 0 Å². The Balaban J connectivity index is 1.53. The molecule has 20 heavy (non-hydrogen) atoms. The van der Waals surface area contributed by atoms with Gasteiger partial charge in [-0.2, -0.15) is 0 Å². The predicted octanol–water partition coefficient (Wildman–Crippen LogP) is 1.93. The van der Waals surface area contributed by atoms with Gasteiger partial charge in [-0.25, -0.2) is 4.98 Å². The molecule has 2 heterocycles. The third kappa shape index (κ3) is 3.02. The number of nitrogens with zero attached hydrogens (tertiary/aromatic N) is 2. The topological polar surface area (TPSA) is 41.9 Å². The molecule has 4 heteroatoms. The highest BCUT2D eigenvalue weighted by Crippen LogP contribution is 2.15. The molecule has 0 amide bonds. The Bertz CT molecular complexity index is 555.